The lowest BCUT2D eigenvalue weighted by Gasteiger charge is -2.27. The molecular formula is C31H27NS. The number of nitrogens with zero attached hydrogens (tertiary/aromatic N) is 1. The number of rotatable bonds is 4. The second kappa shape index (κ2) is 7.74. The molecule has 0 spiro atoms. The van der Waals surface area contributed by atoms with Crippen LogP contribution in [0.25, 0.3) is 20.2 Å². The molecule has 3 unspecified atom stereocenters. The number of benzene rings is 4. The highest BCUT2D eigenvalue weighted by Gasteiger charge is 2.40. The average Bonchev–Trinajstić information content (AvgIpc) is 3.60. The normalized spacial score (nSPS) is 21.8. The second-order valence-corrected chi connectivity index (χ2v) is 10.9. The Morgan fingerprint density at radius 1 is 0.606 bits per heavy atom. The summed E-state index contributed by atoms with van der Waals surface area (Å²) in [6, 6.07) is 35.9. The van der Waals surface area contributed by atoms with E-state index in [1.54, 1.807) is 5.56 Å². The first-order valence-corrected chi connectivity index (χ1v) is 13.0. The second-order valence-electron chi connectivity index (χ2n) is 9.82. The van der Waals surface area contributed by atoms with Crippen LogP contribution in [0.2, 0.25) is 0 Å². The molecule has 5 aromatic rings. The summed E-state index contributed by atoms with van der Waals surface area (Å²) in [5, 5.41) is 2.69. The molecule has 1 aromatic heterocycles. The van der Waals surface area contributed by atoms with Crippen LogP contribution in [0.4, 0.5) is 17.1 Å². The third kappa shape index (κ3) is 3.28. The van der Waals surface area contributed by atoms with Gasteiger partial charge in [0, 0.05) is 37.2 Å². The summed E-state index contributed by atoms with van der Waals surface area (Å²) in [6.45, 7) is 0. The van der Waals surface area contributed by atoms with Crippen molar-refractivity contribution >= 4 is 48.6 Å². The molecular weight excluding hydrogens is 418 g/mol. The van der Waals surface area contributed by atoms with Crippen LogP contribution in [-0.4, -0.2) is 0 Å². The van der Waals surface area contributed by atoms with Crippen LogP contribution < -0.4 is 4.90 Å². The molecule has 2 fully saturated rings. The van der Waals surface area contributed by atoms with Gasteiger partial charge in [0.05, 0.1) is 0 Å². The largest absolute Gasteiger partial charge is 0.310 e. The van der Waals surface area contributed by atoms with Crippen molar-refractivity contribution in [3.8, 4) is 0 Å². The third-order valence-electron chi connectivity index (χ3n) is 7.95. The summed E-state index contributed by atoms with van der Waals surface area (Å²) < 4.78 is 2.70. The molecule has 1 heterocycles. The Bertz CT molecular complexity index is 1430. The van der Waals surface area contributed by atoms with Crippen molar-refractivity contribution in [2.45, 2.75) is 31.6 Å². The van der Waals surface area contributed by atoms with Crippen LogP contribution in [-0.2, 0) is 0 Å². The zero-order valence-electron chi connectivity index (χ0n) is 18.7. The Kier molecular flexibility index (Phi) is 4.55. The summed E-state index contributed by atoms with van der Waals surface area (Å²) in [7, 11) is 0. The van der Waals surface area contributed by atoms with E-state index in [-0.39, 0.29) is 0 Å². The molecule has 0 amide bonds. The van der Waals surface area contributed by atoms with E-state index in [0.717, 1.165) is 17.8 Å². The smallest absolute Gasteiger partial charge is 0.0468 e. The standard InChI is InChI=1S/C31H27NS/c1-2-6-24(7-3-1)32(25-14-12-22(13-15-25)28-19-21-10-11-23(28)18-21)26-16-17-31-29(20-26)27-8-4-5-9-30(27)33-31/h1-9,12-17,20-21,23,28H,10-11,18-19H2. The van der Waals surface area contributed by atoms with Crippen LogP contribution in [0.3, 0.4) is 0 Å². The van der Waals surface area contributed by atoms with Gasteiger partial charge < -0.3 is 4.90 Å². The Labute approximate surface area is 199 Å². The molecule has 0 saturated heterocycles. The van der Waals surface area contributed by atoms with E-state index < -0.39 is 0 Å². The minimum absolute atomic E-state index is 0.775. The SMILES string of the molecule is c1ccc(N(c2ccc(C3CC4CCC3C4)cc2)c2ccc3sc4ccccc4c3c2)cc1. The summed E-state index contributed by atoms with van der Waals surface area (Å²) in [6.07, 6.45) is 5.74. The molecule has 3 atom stereocenters. The van der Waals surface area contributed by atoms with E-state index >= 15 is 0 Å². The molecule has 7 rings (SSSR count). The van der Waals surface area contributed by atoms with Crippen molar-refractivity contribution in [3.05, 3.63) is 103 Å². The Hall–Kier alpha value is -3.10. The maximum Gasteiger partial charge on any atom is 0.0468 e. The van der Waals surface area contributed by atoms with Crippen LogP contribution in [0, 0.1) is 11.8 Å². The van der Waals surface area contributed by atoms with Gasteiger partial charge >= 0.3 is 0 Å². The molecule has 1 nitrogen and oxygen atoms in total. The zero-order chi connectivity index (χ0) is 21.8. The van der Waals surface area contributed by atoms with Gasteiger partial charge in [-0.05, 0) is 91.1 Å². The first-order chi connectivity index (χ1) is 16.3. The van der Waals surface area contributed by atoms with Gasteiger partial charge in [-0.1, -0.05) is 55.0 Å². The molecule has 0 N–H and O–H groups in total. The van der Waals surface area contributed by atoms with Gasteiger partial charge in [0.1, 0.15) is 0 Å². The summed E-state index contributed by atoms with van der Waals surface area (Å²) >= 11 is 1.88. The van der Waals surface area contributed by atoms with Gasteiger partial charge in [-0.3, -0.25) is 0 Å². The van der Waals surface area contributed by atoms with Crippen molar-refractivity contribution in [1.82, 2.24) is 0 Å². The van der Waals surface area contributed by atoms with Gasteiger partial charge in [-0.15, -0.1) is 11.3 Å². The molecule has 2 bridgehead atoms. The number of para-hydroxylation sites is 1. The first-order valence-electron chi connectivity index (χ1n) is 12.2. The fourth-order valence-electron chi connectivity index (χ4n) is 6.40. The van der Waals surface area contributed by atoms with E-state index in [2.05, 4.69) is 102 Å². The number of hydrogen-bond acceptors (Lipinski definition) is 2. The quantitative estimate of drug-likeness (QED) is 0.266. The van der Waals surface area contributed by atoms with Crippen LogP contribution >= 0.6 is 11.3 Å². The Morgan fingerprint density at radius 2 is 1.33 bits per heavy atom. The molecule has 0 aliphatic heterocycles. The molecule has 0 radical (unpaired) electrons. The lowest BCUT2D eigenvalue weighted by molar-refractivity contribution is 0.420. The summed E-state index contributed by atoms with van der Waals surface area (Å²) in [4.78, 5) is 2.40. The van der Waals surface area contributed by atoms with Crippen LogP contribution in [0.5, 0.6) is 0 Å². The molecule has 162 valence electrons. The topological polar surface area (TPSA) is 3.24 Å². The minimum atomic E-state index is 0.775. The summed E-state index contributed by atoms with van der Waals surface area (Å²) in [5.74, 6) is 2.67. The number of hydrogen-bond donors (Lipinski definition) is 0. The summed E-state index contributed by atoms with van der Waals surface area (Å²) in [5.41, 5.74) is 5.18. The van der Waals surface area contributed by atoms with Crippen molar-refractivity contribution < 1.29 is 0 Å². The van der Waals surface area contributed by atoms with Gasteiger partial charge in [0.15, 0.2) is 0 Å². The van der Waals surface area contributed by atoms with Crippen molar-refractivity contribution in [1.29, 1.82) is 0 Å². The van der Waals surface area contributed by atoms with E-state index in [1.807, 2.05) is 11.3 Å². The molecule has 2 heteroatoms. The maximum absolute atomic E-state index is 2.40. The van der Waals surface area contributed by atoms with Crippen LogP contribution in [0.1, 0.15) is 37.2 Å². The molecule has 2 aliphatic rings. The molecule has 2 aliphatic carbocycles. The van der Waals surface area contributed by atoms with E-state index in [0.29, 0.717) is 0 Å². The van der Waals surface area contributed by atoms with Gasteiger partial charge in [0.25, 0.3) is 0 Å². The predicted octanol–water partition coefficient (Wildman–Crippen LogP) is 9.43. The monoisotopic (exact) mass is 445 g/mol. The first kappa shape index (κ1) is 19.4. The van der Waals surface area contributed by atoms with E-state index in [1.165, 1.54) is 62.9 Å². The molecule has 33 heavy (non-hydrogen) atoms. The van der Waals surface area contributed by atoms with Crippen LogP contribution in [0.15, 0.2) is 97.1 Å². The molecule has 2 saturated carbocycles. The fraction of sp³-hybridized carbons (Fsp3) is 0.226. The third-order valence-corrected chi connectivity index (χ3v) is 9.10. The molecule has 4 aromatic carbocycles. The Morgan fingerprint density at radius 3 is 2.12 bits per heavy atom. The van der Waals surface area contributed by atoms with Gasteiger partial charge in [-0.2, -0.15) is 0 Å². The highest BCUT2D eigenvalue weighted by molar-refractivity contribution is 7.25. The van der Waals surface area contributed by atoms with Crippen molar-refractivity contribution in [2.75, 3.05) is 4.90 Å². The van der Waals surface area contributed by atoms with Gasteiger partial charge in [-0.25, -0.2) is 0 Å². The van der Waals surface area contributed by atoms with E-state index in [4.69, 9.17) is 0 Å². The highest BCUT2D eigenvalue weighted by atomic mass is 32.1. The average molecular weight is 446 g/mol. The lowest BCUT2D eigenvalue weighted by Crippen LogP contribution is -2.11. The highest BCUT2D eigenvalue weighted by Crippen LogP contribution is 2.53. The lowest BCUT2D eigenvalue weighted by atomic mass is 9.83. The number of fused-ring (bicyclic) bond motifs is 5. The van der Waals surface area contributed by atoms with Gasteiger partial charge in [0.2, 0.25) is 0 Å². The fourth-order valence-corrected chi connectivity index (χ4v) is 7.49. The number of anilines is 3. The minimum Gasteiger partial charge on any atom is -0.310 e. The predicted molar refractivity (Wildman–Crippen MR) is 142 cm³/mol. The van der Waals surface area contributed by atoms with Crippen molar-refractivity contribution in [2.24, 2.45) is 11.8 Å². The number of thiophene rings is 1. The Balaban J connectivity index is 1.32. The van der Waals surface area contributed by atoms with E-state index in [9.17, 15) is 0 Å². The maximum atomic E-state index is 2.40. The zero-order valence-corrected chi connectivity index (χ0v) is 19.5. The van der Waals surface area contributed by atoms with Crippen molar-refractivity contribution in [3.63, 3.8) is 0 Å².